The van der Waals surface area contributed by atoms with E-state index in [-0.39, 0.29) is 6.01 Å². The topological polar surface area (TPSA) is 64.9 Å². The van der Waals surface area contributed by atoms with Crippen LogP contribution in [0, 0.1) is 5.41 Å². The summed E-state index contributed by atoms with van der Waals surface area (Å²) >= 11 is 0. The zero-order valence-corrected chi connectivity index (χ0v) is 7.49. The molecule has 1 spiro atoms. The lowest BCUT2D eigenvalue weighted by Gasteiger charge is -2.53. The van der Waals surface area contributed by atoms with E-state index in [4.69, 9.17) is 10.2 Å². The lowest BCUT2D eigenvalue weighted by Crippen LogP contribution is -2.41. The summed E-state index contributed by atoms with van der Waals surface area (Å²) < 4.78 is 5.20. The van der Waals surface area contributed by atoms with Gasteiger partial charge in [-0.3, -0.25) is 0 Å². The molecule has 0 radical (unpaired) electrons. The second kappa shape index (κ2) is 2.25. The van der Waals surface area contributed by atoms with Crippen molar-refractivity contribution < 1.29 is 4.42 Å². The van der Waals surface area contributed by atoms with Crippen LogP contribution in [0.15, 0.2) is 4.42 Å². The van der Waals surface area contributed by atoms with E-state index in [0.29, 0.717) is 11.3 Å². The molecular formula is C9H13N3O. The molecule has 4 nitrogen and oxygen atoms in total. The minimum Gasteiger partial charge on any atom is -0.408 e. The summed E-state index contributed by atoms with van der Waals surface area (Å²) in [5.74, 6) is 1.24. The molecule has 0 atom stereocenters. The molecule has 2 saturated carbocycles. The minimum absolute atomic E-state index is 0.199. The third-order valence-electron chi connectivity index (χ3n) is 3.58. The average molecular weight is 179 g/mol. The second-order valence-corrected chi connectivity index (χ2v) is 4.44. The molecule has 2 fully saturated rings. The van der Waals surface area contributed by atoms with E-state index in [1.54, 1.807) is 0 Å². The molecule has 0 bridgehead atoms. The van der Waals surface area contributed by atoms with E-state index in [0.717, 1.165) is 5.89 Å². The first kappa shape index (κ1) is 7.35. The van der Waals surface area contributed by atoms with Crippen LogP contribution in [0.5, 0.6) is 0 Å². The van der Waals surface area contributed by atoms with E-state index < -0.39 is 0 Å². The van der Waals surface area contributed by atoms with Crippen LogP contribution in [0.3, 0.4) is 0 Å². The SMILES string of the molecule is Nc1nnc(C2CC3(CCC3)C2)o1. The molecule has 0 aromatic carbocycles. The molecule has 2 N–H and O–H groups in total. The highest BCUT2D eigenvalue weighted by atomic mass is 16.4. The summed E-state index contributed by atoms with van der Waals surface area (Å²) in [5, 5.41) is 7.59. The van der Waals surface area contributed by atoms with Gasteiger partial charge >= 0.3 is 6.01 Å². The molecule has 0 unspecified atom stereocenters. The van der Waals surface area contributed by atoms with Crippen molar-refractivity contribution in [1.82, 2.24) is 10.2 Å². The predicted molar refractivity (Wildman–Crippen MR) is 47.0 cm³/mol. The minimum atomic E-state index is 0.199. The Kier molecular flexibility index (Phi) is 1.27. The van der Waals surface area contributed by atoms with Gasteiger partial charge in [0, 0.05) is 5.92 Å². The fraction of sp³-hybridized carbons (Fsp3) is 0.778. The largest absolute Gasteiger partial charge is 0.408 e. The van der Waals surface area contributed by atoms with Crippen molar-refractivity contribution in [3.8, 4) is 0 Å². The van der Waals surface area contributed by atoms with Gasteiger partial charge in [0.15, 0.2) is 0 Å². The first-order chi connectivity index (χ1) is 6.27. The Labute approximate surface area is 76.5 Å². The van der Waals surface area contributed by atoms with Gasteiger partial charge in [-0.2, -0.15) is 0 Å². The molecule has 70 valence electrons. The van der Waals surface area contributed by atoms with Gasteiger partial charge in [0.2, 0.25) is 5.89 Å². The Morgan fingerprint density at radius 2 is 2.08 bits per heavy atom. The molecule has 1 aromatic rings. The lowest BCUT2D eigenvalue weighted by atomic mass is 9.52. The van der Waals surface area contributed by atoms with E-state index in [9.17, 15) is 0 Å². The predicted octanol–water partition coefficient (Wildman–Crippen LogP) is 1.70. The highest BCUT2D eigenvalue weighted by molar-refractivity contribution is 5.13. The van der Waals surface area contributed by atoms with Crippen LogP contribution in [-0.4, -0.2) is 10.2 Å². The van der Waals surface area contributed by atoms with Crippen molar-refractivity contribution in [2.24, 2.45) is 5.41 Å². The molecule has 1 heterocycles. The molecule has 1 aromatic heterocycles. The fourth-order valence-electron chi connectivity index (χ4n) is 2.66. The molecule has 3 rings (SSSR count). The quantitative estimate of drug-likeness (QED) is 0.712. The van der Waals surface area contributed by atoms with Crippen LogP contribution >= 0.6 is 0 Å². The maximum absolute atomic E-state index is 5.37. The first-order valence-electron chi connectivity index (χ1n) is 4.86. The van der Waals surface area contributed by atoms with Gasteiger partial charge in [0.25, 0.3) is 0 Å². The number of nitrogen functional groups attached to an aromatic ring is 1. The summed E-state index contributed by atoms with van der Waals surface area (Å²) in [6, 6.07) is 0.199. The number of hydrogen-bond donors (Lipinski definition) is 1. The Morgan fingerprint density at radius 3 is 2.54 bits per heavy atom. The smallest absolute Gasteiger partial charge is 0.312 e. The highest BCUT2D eigenvalue weighted by Crippen LogP contribution is 2.61. The zero-order valence-electron chi connectivity index (χ0n) is 7.49. The Hall–Kier alpha value is -1.06. The maximum atomic E-state index is 5.37. The van der Waals surface area contributed by atoms with Crippen LogP contribution in [0.25, 0.3) is 0 Å². The van der Waals surface area contributed by atoms with Crippen LogP contribution in [0.4, 0.5) is 6.01 Å². The number of nitrogens with two attached hydrogens (primary N) is 1. The zero-order chi connectivity index (χ0) is 8.89. The van der Waals surface area contributed by atoms with Gasteiger partial charge in [0.05, 0.1) is 0 Å². The van der Waals surface area contributed by atoms with Crippen molar-refractivity contribution >= 4 is 6.01 Å². The number of nitrogens with zero attached hydrogens (tertiary/aromatic N) is 2. The van der Waals surface area contributed by atoms with E-state index in [1.807, 2.05) is 0 Å². The van der Waals surface area contributed by atoms with E-state index in [2.05, 4.69) is 10.2 Å². The van der Waals surface area contributed by atoms with Crippen molar-refractivity contribution in [2.75, 3.05) is 5.73 Å². The monoisotopic (exact) mass is 179 g/mol. The van der Waals surface area contributed by atoms with Gasteiger partial charge in [-0.1, -0.05) is 11.5 Å². The Bertz CT molecular complexity index is 321. The van der Waals surface area contributed by atoms with E-state index in [1.165, 1.54) is 32.1 Å². The second-order valence-electron chi connectivity index (χ2n) is 4.44. The third kappa shape index (κ3) is 0.975. The standard InChI is InChI=1S/C9H13N3O/c10-8-12-11-7(13-8)6-4-9(5-6)2-1-3-9/h6H,1-5H2,(H2,10,12). The van der Waals surface area contributed by atoms with Gasteiger partial charge < -0.3 is 10.2 Å². The van der Waals surface area contributed by atoms with Gasteiger partial charge in [-0.25, -0.2) is 0 Å². The summed E-state index contributed by atoms with van der Waals surface area (Å²) in [6.45, 7) is 0. The number of anilines is 1. The Balaban J connectivity index is 1.70. The van der Waals surface area contributed by atoms with Crippen molar-refractivity contribution in [3.63, 3.8) is 0 Å². The lowest BCUT2D eigenvalue weighted by molar-refractivity contribution is 0.000288. The molecule has 0 amide bonds. The van der Waals surface area contributed by atoms with Crippen molar-refractivity contribution in [1.29, 1.82) is 0 Å². The van der Waals surface area contributed by atoms with Crippen molar-refractivity contribution in [2.45, 2.75) is 38.0 Å². The van der Waals surface area contributed by atoms with Crippen LogP contribution < -0.4 is 5.73 Å². The Morgan fingerprint density at radius 1 is 1.31 bits per heavy atom. The summed E-state index contributed by atoms with van der Waals surface area (Å²) in [6.07, 6.45) is 6.65. The molecular weight excluding hydrogens is 166 g/mol. The number of aromatic nitrogens is 2. The first-order valence-corrected chi connectivity index (χ1v) is 4.86. The summed E-state index contributed by atoms with van der Waals surface area (Å²) in [4.78, 5) is 0. The summed E-state index contributed by atoms with van der Waals surface area (Å²) in [5.41, 5.74) is 6.03. The van der Waals surface area contributed by atoms with Crippen LogP contribution in [-0.2, 0) is 0 Å². The van der Waals surface area contributed by atoms with Crippen molar-refractivity contribution in [3.05, 3.63) is 5.89 Å². The molecule has 0 aliphatic heterocycles. The number of rotatable bonds is 1. The van der Waals surface area contributed by atoms with Crippen LogP contribution in [0.1, 0.15) is 43.9 Å². The normalized spacial score (nSPS) is 25.5. The van der Waals surface area contributed by atoms with Gasteiger partial charge in [-0.05, 0) is 31.1 Å². The highest BCUT2D eigenvalue weighted by Gasteiger charge is 2.50. The fourth-order valence-corrected chi connectivity index (χ4v) is 2.66. The third-order valence-corrected chi connectivity index (χ3v) is 3.58. The van der Waals surface area contributed by atoms with E-state index >= 15 is 0 Å². The molecule has 2 aliphatic carbocycles. The number of hydrogen-bond acceptors (Lipinski definition) is 4. The molecule has 0 saturated heterocycles. The molecule has 2 aliphatic rings. The molecule has 4 heteroatoms. The van der Waals surface area contributed by atoms with Gasteiger partial charge in [0.1, 0.15) is 0 Å². The van der Waals surface area contributed by atoms with Crippen LogP contribution in [0.2, 0.25) is 0 Å². The average Bonchev–Trinajstić information content (AvgIpc) is 2.29. The maximum Gasteiger partial charge on any atom is 0.312 e. The molecule has 13 heavy (non-hydrogen) atoms. The van der Waals surface area contributed by atoms with Gasteiger partial charge in [-0.15, -0.1) is 5.10 Å². The summed E-state index contributed by atoms with van der Waals surface area (Å²) in [7, 11) is 0.